The predicted molar refractivity (Wildman–Crippen MR) is 112 cm³/mol. The predicted octanol–water partition coefficient (Wildman–Crippen LogP) is 3.23. The van der Waals surface area contributed by atoms with Gasteiger partial charge in [0.15, 0.2) is 0 Å². The normalized spacial score (nSPS) is 14.1. The van der Waals surface area contributed by atoms with Crippen molar-refractivity contribution in [1.82, 2.24) is 35.0 Å². The molecule has 0 unspecified atom stereocenters. The highest BCUT2D eigenvalue weighted by Crippen LogP contribution is 2.30. The molecule has 1 amide bonds. The van der Waals surface area contributed by atoms with Crippen LogP contribution in [0.3, 0.4) is 0 Å². The number of carbonyl (C=O) groups is 1. The van der Waals surface area contributed by atoms with Gasteiger partial charge in [0.05, 0.1) is 22.8 Å². The van der Waals surface area contributed by atoms with Crippen LogP contribution in [0.15, 0.2) is 22.7 Å². The lowest BCUT2D eigenvalue weighted by molar-refractivity contribution is -0.130. The number of aryl methyl sites for hydroxylation is 3. The van der Waals surface area contributed by atoms with Gasteiger partial charge in [0.1, 0.15) is 10.4 Å². The first-order valence-electron chi connectivity index (χ1n) is 9.98. The molecular weight excluding hydrogens is 402 g/mol. The lowest BCUT2D eigenvalue weighted by Crippen LogP contribution is -2.28. The van der Waals surface area contributed by atoms with Gasteiger partial charge in [0.2, 0.25) is 11.7 Å². The Bertz CT molecular complexity index is 1220. The van der Waals surface area contributed by atoms with Crippen LogP contribution >= 0.6 is 11.3 Å². The average molecular weight is 424 g/mol. The van der Waals surface area contributed by atoms with Crippen LogP contribution in [0.5, 0.6) is 0 Å². The summed E-state index contributed by atoms with van der Waals surface area (Å²) >= 11 is 1.53. The zero-order valence-electron chi connectivity index (χ0n) is 16.8. The number of fused-ring (bicyclic) bond motifs is 1. The minimum absolute atomic E-state index is 0.181. The van der Waals surface area contributed by atoms with Crippen LogP contribution in [-0.2, 0) is 11.3 Å². The van der Waals surface area contributed by atoms with Crippen LogP contribution in [0.2, 0.25) is 0 Å². The van der Waals surface area contributed by atoms with Crippen LogP contribution in [0.1, 0.15) is 30.0 Å². The van der Waals surface area contributed by atoms with Gasteiger partial charge in [-0.3, -0.25) is 4.79 Å². The summed E-state index contributed by atoms with van der Waals surface area (Å²) in [4.78, 5) is 24.1. The number of likely N-dealkylation sites (tertiary alicyclic amines) is 1. The molecule has 4 heterocycles. The number of hydrogen-bond donors (Lipinski definition) is 0. The highest BCUT2D eigenvalue weighted by molar-refractivity contribution is 7.15. The number of benzene rings is 1. The molecule has 1 aliphatic rings. The van der Waals surface area contributed by atoms with Crippen LogP contribution < -0.4 is 0 Å². The fraction of sp³-hybridized carbons (Fsp3) is 0.400. The van der Waals surface area contributed by atoms with Crippen molar-refractivity contribution in [3.05, 3.63) is 28.9 Å². The number of rotatable bonds is 5. The lowest BCUT2D eigenvalue weighted by atomic mass is 10.2. The highest BCUT2D eigenvalue weighted by Gasteiger charge is 2.19. The minimum Gasteiger partial charge on any atom is -0.343 e. The summed E-state index contributed by atoms with van der Waals surface area (Å²) in [6, 6.07) is 5.74. The zero-order valence-corrected chi connectivity index (χ0v) is 17.6. The molecule has 10 heteroatoms. The van der Waals surface area contributed by atoms with E-state index in [2.05, 4.69) is 25.4 Å². The molecule has 3 aromatic heterocycles. The van der Waals surface area contributed by atoms with Gasteiger partial charge in [0.25, 0.3) is 5.89 Å². The number of thiazole rings is 1. The van der Waals surface area contributed by atoms with E-state index in [4.69, 9.17) is 4.52 Å². The van der Waals surface area contributed by atoms with Crippen LogP contribution in [0, 0.1) is 13.8 Å². The van der Waals surface area contributed by atoms with Gasteiger partial charge < -0.3 is 9.42 Å². The second-order valence-corrected chi connectivity index (χ2v) is 8.63. The molecule has 0 bridgehead atoms. The molecule has 1 saturated heterocycles. The molecule has 4 aromatic rings. The molecule has 1 aliphatic heterocycles. The second kappa shape index (κ2) is 7.60. The van der Waals surface area contributed by atoms with Crippen molar-refractivity contribution >= 4 is 28.3 Å². The van der Waals surface area contributed by atoms with E-state index >= 15 is 0 Å². The summed E-state index contributed by atoms with van der Waals surface area (Å²) in [5.74, 6) is 1.15. The van der Waals surface area contributed by atoms with Crippen molar-refractivity contribution < 1.29 is 9.32 Å². The highest BCUT2D eigenvalue weighted by atomic mass is 32.1. The summed E-state index contributed by atoms with van der Waals surface area (Å²) in [5, 5.41) is 13.6. The first-order valence-corrected chi connectivity index (χ1v) is 10.8. The van der Waals surface area contributed by atoms with Crippen LogP contribution in [-0.4, -0.2) is 54.0 Å². The molecule has 5 rings (SSSR count). The first-order chi connectivity index (χ1) is 14.6. The largest absolute Gasteiger partial charge is 0.343 e. The number of aromatic nitrogens is 6. The van der Waals surface area contributed by atoms with E-state index in [1.54, 1.807) is 4.68 Å². The Hall–Kier alpha value is -3.14. The summed E-state index contributed by atoms with van der Waals surface area (Å²) < 4.78 is 7.23. The van der Waals surface area contributed by atoms with Crippen molar-refractivity contribution in [2.45, 2.75) is 39.7 Å². The third kappa shape index (κ3) is 3.47. The Morgan fingerprint density at radius 3 is 2.80 bits per heavy atom. The Balaban J connectivity index is 1.35. The van der Waals surface area contributed by atoms with Crippen molar-refractivity contribution in [3.8, 4) is 22.2 Å². The molecular formula is C20H21N7O2S. The molecule has 9 nitrogen and oxygen atoms in total. The van der Waals surface area contributed by atoms with Gasteiger partial charge in [-0.15, -0.1) is 16.4 Å². The number of hydrogen-bond acceptors (Lipinski definition) is 8. The zero-order chi connectivity index (χ0) is 20.7. The Kier molecular flexibility index (Phi) is 4.78. The van der Waals surface area contributed by atoms with Gasteiger partial charge in [0, 0.05) is 25.1 Å². The maximum absolute atomic E-state index is 12.3. The van der Waals surface area contributed by atoms with Gasteiger partial charge in [-0.25, -0.2) is 9.67 Å². The maximum Gasteiger partial charge on any atom is 0.270 e. The molecule has 0 saturated carbocycles. The third-order valence-corrected chi connectivity index (χ3v) is 6.35. The van der Waals surface area contributed by atoms with Crippen molar-refractivity contribution in [2.24, 2.45) is 0 Å². The number of carbonyl (C=O) groups excluding carboxylic acids is 1. The molecule has 0 radical (unpaired) electrons. The van der Waals surface area contributed by atoms with Gasteiger partial charge in [-0.05, 0) is 44.9 Å². The first kappa shape index (κ1) is 18.9. The van der Waals surface area contributed by atoms with Gasteiger partial charge in [-0.2, -0.15) is 4.98 Å². The molecule has 30 heavy (non-hydrogen) atoms. The third-order valence-electron chi connectivity index (χ3n) is 5.29. The minimum atomic E-state index is 0.181. The van der Waals surface area contributed by atoms with E-state index in [1.165, 1.54) is 11.3 Å². The van der Waals surface area contributed by atoms with E-state index < -0.39 is 0 Å². The monoisotopic (exact) mass is 423 g/mol. The molecule has 154 valence electrons. The van der Waals surface area contributed by atoms with E-state index in [-0.39, 0.29) is 5.91 Å². The summed E-state index contributed by atoms with van der Waals surface area (Å²) in [6.07, 6.45) is 2.63. The van der Waals surface area contributed by atoms with Gasteiger partial charge in [-0.1, -0.05) is 10.4 Å². The maximum atomic E-state index is 12.3. The van der Waals surface area contributed by atoms with Crippen LogP contribution in [0.4, 0.5) is 0 Å². The quantitative estimate of drug-likeness (QED) is 0.485. The van der Waals surface area contributed by atoms with E-state index in [9.17, 15) is 4.79 Å². The van der Waals surface area contributed by atoms with Crippen molar-refractivity contribution in [2.75, 3.05) is 13.1 Å². The standard InChI is InChI=1S/C20H21N7O2S/c1-12-18(30-13(2)21-12)20-22-19(24-29-20)14-5-6-16-15(11-14)23-25-27(16)10-7-17(28)26-8-3-4-9-26/h5-6,11H,3-4,7-10H2,1-2H3. The Labute approximate surface area is 176 Å². The number of amides is 1. The second-order valence-electron chi connectivity index (χ2n) is 7.42. The smallest absolute Gasteiger partial charge is 0.270 e. The summed E-state index contributed by atoms with van der Waals surface area (Å²) in [7, 11) is 0. The topological polar surface area (TPSA) is 103 Å². The summed E-state index contributed by atoms with van der Waals surface area (Å²) in [6.45, 7) is 6.14. The Morgan fingerprint density at radius 2 is 2.03 bits per heavy atom. The van der Waals surface area contributed by atoms with E-state index in [0.717, 1.165) is 58.1 Å². The average Bonchev–Trinajstić information content (AvgIpc) is 3.52. The fourth-order valence-electron chi connectivity index (χ4n) is 3.77. The SMILES string of the molecule is Cc1nc(C)c(-c2nc(-c3ccc4c(c3)nnn4CCC(=O)N3CCCC3)no2)s1. The molecule has 0 aliphatic carbocycles. The number of nitrogens with zero attached hydrogens (tertiary/aromatic N) is 7. The van der Waals surface area contributed by atoms with Crippen LogP contribution in [0.25, 0.3) is 33.2 Å². The lowest BCUT2D eigenvalue weighted by Gasteiger charge is -2.14. The molecule has 0 spiro atoms. The summed E-state index contributed by atoms with van der Waals surface area (Å²) in [5.41, 5.74) is 3.30. The van der Waals surface area contributed by atoms with Crippen molar-refractivity contribution in [3.63, 3.8) is 0 Å². The van der Waals surface area contributed by atoms with E-state index in [1.807, 2.05) is 36.9 Å². The van der Waals surface area contributed by atoms with Gasteiger partial charge >= 0.3 is 0 Å². The molecule has 1 fully saturated rings. The van der Waals surface area contributed by atoms with Crippen molar-refractivity contribution in [1.29, 1.82) is 0 Å². The van der Waals surface area contributed by atoms with E-state index in [0.29, 0.717) is 24.7 Å². The molecule has 0 atom stereocenters. The molecule has 1 aromatic carbocycles. The molecule has 0 N–H and O–H groups in total. The fourth-order valence-corrected chi connectivity index (χ4v) is 4.61. The Morgan fingerprint density at radius 1 is 1.20 bits per heavy atom.